The lowest BCUT2D eigenvalue weighted by atomic mass is 9.98. The van der Waals surface area contributed by atoms with Crippen molar-refractivity contribution in [2.75, 3.05) is 26.9 Å². The van der Waals surface area contributed by atoms with E-state index >= 15 is 0 Å². The number of methoxy groups -OCH3 is 1. The van der Waals surface area contributed by atoms with Gasteiger partial charge in [-0.05, 0) is 36.5 Å². The predicted octanol–water partition coefficient (Wildman–Crippen LogP) is 3.74. The number of Topliss-reactive ketones (excluding diaryl/α,β-unsaturated/α-hetero) is 1. The smallest absolute Gasteiger partial charge is 0.286 e. The number of benzene rings is 1. The van der Waals surface area contributed by atoms with Crippen LogP contribution in [0.5, 0.6) is 0 Å². The van der Waals surface area contributed by atoms with Crippen LogP contribution >= 0.6 is 15.9 Å². The van der Waals surface area contributed by atoms with E-state index in [1.54, 1.807) is 6.07 Å². The Labute approximate surface area is 175 Å². The minimum Gasteiger partial charge on any atom is -0.383 e. The number of ether oxygens (including phenoxy) is 2. The zero-order chi connectivity index (χ0) is 21.0. The van der Waals surface area contributed by atoms with Crippen LogP contribution in [0.4, 0.5) is 8.78 Å². The topological polar surface area (TPSA) is 57.5 Å². The molecule has 0 unspecified atom stereocenters. The average Bonchev–Trinajstić information content (AvgIpc) is 3.51. The standard InChI is InChI=1S/C21H22BrF2NO4/c1-28-7-6-25-10-17(19(26)12-29-11-13-2-3-13)16(20(24)21(25)27)8-14-4-5-15(22)9-18(14)23/h4-5,9-10,13H,2-3,6-8,11-12H2,1H3. The zero-order valence-electron chi connectivity index (χ0n) is 16.1. The van der Waals surface area contributed by atoms with Crippen LogP contribution in [0, 0.1) is 17.6 Å². The van der Waals surface area contributed by atoms with Gasteiger partial charge >= 0.3 is 0 Å². The minimum absolute atomic E-state index is 0.0244. The van der Waals surface area contributed by atoms with Crippen LogP contribution < -0.4 is 5.56 Å². The summed E-state index contributed by atoms with van der Waals surface area (Å²) in [6, 6.07) is 4.37. The first-order valence-electron chi connectivity index (χ1n) is 9.36. The molecular weight excluding hydrogens is 448 g/mol. The van der Waals surface area contributed by atoms with Gasteiger partial charge in [0, 0.05) is 41.9 Å². The molecule has 1 aliphatic rings. The second-order valence-electron chi connectivity index (χ2n) is 7.12. The number of halogens is 3. The van der Waals surface area contributed by atoms with Crippen molar-refractivity contribution in [1.82, 2.24) is 4.57 Å². The van der Waals surface area contributed by atoms with Gasteiger partial charge in [0.15, 0.2) is 11.6 Å². The maximum Gasteiger partial charge on any atom is 0.286 e. The number of carbonyl (C=O) groups is 1. The molecule has 2 aromatic rings. The Morgan fingerprint density at radius 2 is 2.07 bits per heavy atom. The van der Waals surface area contributed by atoms with Crippen molar-refractivity contribution in [3.05, 3.63) is 67.5 Å². The Hall–Kier alpha value is -1.90. The number of carbonyl (C=O) groups excluding carboxylic acids is 1. The fourth-order valence-corrected chi connectivity index (χ4v) is 3.30. The number of hydrogen-bond donors (Lipinski definition) is 0. The van der Waals surface area contributed by atoms with E-state index in [9.17, 15) is 18.4 Å². The summed E-state index contributed by atoms with van der Waals surface area (Å²) in [7, 11) is 1.46. The molecule has 0 atom stereocenters. The Morgan fingerprint density at radius 3 is 2.72 bits per heavy atom. The minimum atomic E-state index is -1.06. The third kappa shape index (κ3) is 5.58. The van der Waals surface area contributed by atoms with Crippen LogP contribution in [0.15, 0.2) is 33.7 Å². The molecule has 156 valence electrons. The van der Waals surface area contributed by atoms with E-state index in [4.69, 9.17) is 9.47 Å². The highest BCUT2D eigenvalue weighted by atomic mass is 79.9. The maximum absolute atomic E-state index is 15.0. The van der Waals surface area contributed by atoms with Crippen LogP contribution in [0.2, 0.25) is 0 Å². The SMILES string of the molecule is COCCn1cc(C(=O)COCC2CC2)c(Cc2ccc(Br)cc2F)c(F)c1=O. The Balaban J connectivity index is 1.95. The van der Waals surface area contributed by atoms with E-state index in [-0.39, 0.29) is 42.9 Å². The fraction of sp³-hybridized carbons (Fsp3) is 0.429. The Kier molecular flexibility index (Phi) is 7.32. The summed E-state index contributed by atoms with van der Waals surface area (Å²) < 4.78 is 41.3. The highest BCUT2D eigenvalue weighted by Crippen LogP contribution is 2.29. The molecule has 1 saturated carbocycles. The third-order valence-electron chi connectivity index (χ3n) is 4.83. The number of nitrogens with zero attached hydrogens (tertiary/aromatic N) is 1. The van der Waals surface area contributed by atoms with E-state index in [0.717, 1.165) is 17.4 Å². The van der Waals surface area contributed by atoms with Crippen LogP contribution in [-0.4, -0.2) is 37.3 Å². The molecule has 1 aliphatic carbocycles. The molecule has 0 aliphatic heterocycles. The lowest BCUT2D eigenvalue weighted by Gasteiger charge is -2.15. The van der Waals surface area contributed by atoms with Crippen molar-refractivity contribution in [3.8, 4) is 0 Å². The second kappa shape index (κ2) is 9.73. The van der Waals surface area contributed by atoms with Crippen molar-refractivity contribution >= 4 is 21.7 Å². The van der Waals surface area contributed by atoms with Crippen molar-refractivity contribution in [2.24, 2.45) is 5.92 Å². The quantitative estimate of drug-likeness (QED) is 0.497. The monoisotopic (exact) mass is 469 g/mol. The summed E-state index contributed by atoms with van der Waals surface area (Å²) in [6.45, 7) is 0.552. The summed E-state index contributed by atoms with van der Waals surface area (Å²) in [5, 5.41) is 0. The molecule has 1 fully saturated rings. The van der Waals surface area contributed by atoms with Crippen LogP contribution in [0.3, 0.4) is 0 Å². The summed E-state index contributed by atoms with van der Waals surface area (Å²) in [5.41, 5.74) is -0.777. The molecule has 0 N–H and O–H groups in total. The van der Waals surface area contributed by atoms with Crippen molar-refractivity contribution in [1.29, 1.82) is 0 Å². The molecular formula is C21H22BrF2NO4. The van der Waals surface area contributed by atoms with Gasteiger partial charge in [0.05, 0.1) is 13.2 Å². The first-order valence-corrected chi connectivity index (χ1v) is 10.2. The van der Waals surface area contributed by atoms with E-state index < -0.39 is 23.0 Å². The molecule has 29 heavy (non-hydrogen) atoms. The number of aromatic nitrogens is 1. The summed E-state index contributed by atoms with van der Waals surface area (Å²) in [4.78, 5) is 25.1. The highest BCUT2D eigenvalue weighted by molar-refractivity contribution is 9.10. The fourth-order valence-electron chi connectivity index (χ4n) is 2.97. The zero-order valence-corrected chi connectivity index (χ0v) is 17.6. The Bertz CT molecular complexity index is 956. The van der Waals surface area contributed by atoms with Crippen molar-refractivity contribution in [3.63, 3.8) is 0 Å². The predicted molar refractivity (Wildman–Crippen MR) is 107 cm³/mol. The molecule has 1 aromatic carbocycles. The van der Waals surface area contributed by atoms with Gasteiger partial charge in [-0.1, -0.05) is 22.0 Å². The Morgan fingerprint density at radius 1 is 1.31 bits per heavy atom. The largest absolute Gasteiger partial charge is 0.383 e. The molecule has 0 saturated heterocycles. The molecule has 5 nitrogen and oxygen atoms in total. The molecule has 3 rings (SSSR count). The van der Waals surface area contributed by atoms with Gasteiger partial charge in [-0.25, -0.2) is 8.78 Å². The number of hydrogen-bond acceptors (Lipinski definition) is 4. The van der Waals surface area contributed by atoms with E-state index in [1.807, 2.05) is 0 Å². The lowest BCUT2D eigenvalue weighted by Crippen LogP contribution is -2.29. The van der Waals surface area contributed by atoms with Gasteiger partial charge < -0.3 is 14.0 Å². The normalized spacial score (nSPS) is 13.7. The van der Waals surface area contributed by atoms with Gasteiger partial charge in [0.25, 0.3) is 5.56 Å². The van der Waals surface area contributed by atoms with Gasteiger partial charge in [-0.2, -0.15) is 0 Å². The van der Waals surface area contributed by atoms with E-state index in [1.165, 1.54) is 25.4 Å². The molecule has 1 heterocycles. The molecule has 1 aromatic heterocycles. The molecule has 0 spiro atoms. The number of ketones is 1. The highest BCUT2D eigenvalue weighted by Gasteiger charge is 2.24. The van der Waals surface area contributed by atoms with Crippen LogP contribution in [0.1, 0.15) is 34.3 Å². The van der Waals surface area contributed by atoms with Crippen LogP contribution in [0.25, 0.3) is 0 Å². The summed E-state index contributed by atoms with van der Waals surface area (Å²) >= 11 is 3.17. The summed E-state index contributed by atoms with van der Waals surface area (Å²) in [6.07, 6.45) is 3.27. The summed E-state index contributed by atoms with van der Waals surface area (Å²) in [5.74, 6) is -1.57. The molecule has 8 heteroatoms. The van der Waals surface area contributed by atoms with Crippen molar-refractivity contribution < 1.29 is 23.0 Å². The van der Waals surface area contributed by atoms with E-state index in [2.05, 4.69) is 15.9 Å². The van der Waals surface area contributed by atoms with Gasteiger partial charge in [-0.3, -0.25) is 9.59 Å². The van der Waals surface area contributed by atoms with Crippen molar-refractivity contribution in [2.45, 2.75) is 25.8 Å². The maximum atomic E-state index is 15.0. The second-order valence-corrected chi connectivity index (χ2v) is 8.04. The van der Waals surface area contributed by atoms with Gasteiger partial charge in [-0.15, -0.1) is 0 Å². The van der Waals surface area contributed by atoms with E-state index in [0.29, 0.717) is 17.0 Å². The molecule has 0 bridgehead atoms. The first-order chi connectivity index (χ1) is 13.9. The third-order valence-corrected chi connectivity index (χ3v) is 5.32. The molecule has 0 radical (unpaired) electrons. The van der Waals surface area contributed by atoms with Crippen LogP contribution in [-0.2, 0) is 22.4 Å². The number of rotatable bonds is 10. The first kappa shape index (κ1) is 21.8. The number of pyridine rings is 1. The average molecular weight is 470 g/mol. The lowest BCUT2D eigenvalue weighted by molar-refractivity contribution is 0.0737. The van der Waals surface area contributed by atoms with Gasteiger partial charge in [0.2, 0.25) is 0 Å². The van der Waals surface area contributed by atoms with Gasteiger partial charge in [0.1, 0.15) is 12.4 Å². The molecule has 0 amide bonds.